The highest BCUT2D eigenvalue weighted by Gasteiger charge is 2.47. The topological polar surface area (TPSA) is 0 Å². The fraction of sp³-hybridized carbons (Fsp3) is 0.882. The first kappa shape index (κ1) is 12.0. The maximum Gasteiger partial charge on any atom is 0.0220 e. The lowest BCUT2D eigenvalue weighted by atomic mass is 9.56. The van der Waals surface area contributed by atoms with Crippen molar-refractivity contribution < 1.29 is 0 Å². The van der Waals surface area contributed by atoms with Crippen LogP contribution in [0.1, 0.15) is 64.2 Å². The second-order valence-corrected chi connectivity index (χ2v) is 8.46. The van der Waals surface area contributed by atoms with Gasteiger partial charge in [0.05, 0.1) is 0 Å². The molecule has 4 rings (SSSR count). The summed E-state index contributed by atoms with van der Waals surface area (Å²) in [5, 5.41) is 0. The Labute approximate surface area is 120 Å². The summed E-state index contributed by atoms with van der Waals surface area (Å²) in [4.78, 5) is 0.783. The summed E-state index contributed by atoms with van der Waals surface area (Å²) in [7, 11) is 0. The van der Waals surface area contributed by atoms with Crippen molar-refractivity contribution in [2.45, 2.75) is 69.0 Å². The summed E-state index contributed by atoms with van der Waals surface area (Å²) in [6, 6.07) is 0. The summed E-state index contributed by atoms with van der Waals surface area (Å²) in [6.45, 7) is 0. The Balaban J connectivity index is 1.73. The molecule has 0 spiro atoms. The van der Waals surface area contributed by atoms with Crippen LogP contribution in [0, 0.1) is 23.7 Å². The van der Waals surface area contributed by atoms with Gasteiger partial charge in [-0.05, 0) is 62.2 Å². The molecule has 0 bridgehead atoms. The van der Waals surface area contributed by atoms with E-state index in [9.17, 15) is 0 Å². The molecule has 0 nitrogen and oxygen atoms in total. The van der Waals surface area contributed by atoms with Crippen LogP contribution in [0.3, 0.4) is 0 Å². The van der Waals surface area contributed by atoms with Gasteiger partial charge in [0.1, 0.15) is 0 Å². The molecule has 2 fully saturated rings. The summed E-state index contributed by atoms with van der Waals surface area (Å²) >= 11 is 3.92. The van der Waals surface area contributed by atoms with E-state index in [2.05, 4.69) is 15.9 Å². The first-order valence-electron chi connectivity index (χ1n) is 8.20. The molecule has 4 aliphatic rings. The highest BCUT2D eigenvalue weighted by molar-refractivity contribution is 9.09. The van der Waals surface area contributed by atoms with Gasteiger partial charge in [-0.25, -0.2) is 0 Å². The van der Waals surface area contributed by atoms with Gasteiger partial charge in [0, 0.05) is 4.83 Å². The van der Waals surface area contributed by atoms with Gasteiger partial charge in [-0.1, -0.05) is 52.8 Å². The Morgan fingerprint density at radius 3 is 1.61 bits per heavy atom. The van der Waals surface area contributed by atoms with E-state index in [0.717, 1.165) is 28.5 Å². The average Bonchev–Trinajstić information content (AvgIpc) is 2.81. The number of hydrogen-bond donors (Lipinski definition) is 0. The molecule has 1 heteroatoms. The summed E-state index contributed by atoms with van der Waals surface area (Å²) in [6.07, 6.45) is 15.0. The lowest BCUT2D eigenvalue weighted by Gasteiger charge is -2.49. The second kappa shape index (κ2) is 4.65. The number of alkyl halides is 1. The second-order valence-electron chi connectivity index (χ2n) is 7.17. The van der Waals surface area contributed by atoms with Crippen molar-refractivity contribution in [1.29, 1.82) is 0 Å². The lowest BCUT2D eigenvalue weighted by molar-refractivity contribution is 0.0928. The van der Waals surface area contributed by atoms with Crippen molar-refractivity contribution in [2.24, 2.45) is 23.7 Å². The van der Waals surface area contributed by atoms with Crippen molar-refractivity contribution in [3.63, 3.8) is 0 Å². The third-order valence-electron chi connectivity index (χ3n) is 6.38. The molecule has 100 valence electrons. The molecule has 0 N–H and O–H groups in total. The molecule has 0 aliphatic heterocycles. The van der Waals surface area contributed by atoms with Crippen LogP contribution < -0.4 is 0 Å². The van der Waals surface area contributed by atoms with E-state index in [1.165, 1.54) is 51.4 Å². The largest absolute Gasteiger partial charge is 0.0884 e. The molecule has 4 unspecified atom stereocenters. The molecule has 0 aromatic rings. The first-order valence-corrected chi connectivity index (χ1v) is 9.12. The molecule has 4 atom stereocenters. The third-order valence-corrected chi connectivity index (χ3v) is 7.03. The zero-order valence-electron chi connectivity index (χ0n) is 11.3. The Morgan fingerprint density at radius 2 is 1.11 bits per heavy atom. The van der Waals surface area contributed by atoms with Gasteiger partial charge in [0.15, 0.2) is 0 Å². The van der Waals surface area contributed by atoms with Crippen molar-refractivity contribution in [1.82, 2.24) is 0 Å². The van der Waals surface area contributed by atoms with Crippen molar-refractivity contribution >= 4 is 15.9 Å². The van der Waals surface area contributed by atoms with E-state index in [-0.39, 0.29) is 0 Å². The normalized spacial score (nSPS) is 47.5. The van der Waals surface area contributed by atoms with Crippen LogP contribution in [0.4, 0.5) is 0 Å². The zero-order valence-corrected chi connectivity index (χ0v) is 12.9. The molecule has 2 saturated carbocycles. The highest BCUT2D eigenvalue weighted by Crippen LogP contribution is 2.58. The zero-order chi connectivity index (χ0) is 12.1. The predicted molar refractivity (Wildman–Crippen MR) is 79.9 cm³/mol. The smallest absolute Gasteiger partial charge is 0.0220 e. The standard InChI is InChI=1S/C17H25Br/c18-11-9-16-14-7-3-1-5-12(14)13-6-2-4-8-15(13)17(16)10-11/h11-15H,1-10H2. The van der Waals surface area contributed by atoms with Crippen molar-refractivity contribution in [3.05, 3.63) is 11.1 Å². The van der Waals surface area contributed by atoms with Crippen LogP contribution in [0.5, 0.6) is 0 Å². The molecule has 0 saturated heterocycles. The molecule has 0 radical (unpaired) electrons. The minimum Gasteiger partial charge on any atom is -0.0884 e. The minimum absolute atomic E-state index is 0.783. The minimum atomic E-state index is 0.783. The fourth-order valence-electron chi connectivity index (χ4n) is 5.80. The molecule has 0 aromatic carbocycles. The molecule has 0 amide bonds. The maximum absolute atomic E-state index is 3.92. The third kappa shape index (κ3) is 1.76. The summed E-state index contributed by atoms with van der Waals surface area (Å²) in [5.74, 6) is 4.19. The van der Waals surface area contributed by atoms with Crippen LogP contribution >= 0.6 is 15.9 Å². The first-order chi connectivity index (χ1) is 8.84. The quantitative estimate of drug-likeness (QED) is 0.411. The number of rotatable bonds is 0. The number of allylic oxidation sites excluding steroid dienone is 2. The van der Waals surface area contributed by atoms with Gasteiger partial charge < -0.3 is 0 Å². The van der Waals surface area contributed by atoms with Gasteiger partial charge >= 0.3 is 0 Å². The van der Waals surface area contributed by atoms with Gasteiger partial charge in [-0.15, -0.1) is 0 Å². The Hall–Kier alpha value is 0.220. The van der Waals surface area contributed by atoms with E-state index in [1.54, 1.807) is 12.8 Å². The average molecular weight is 309 g/mol. The summed E-state index contributed by atoms with van der Waals surface area (Å²) < 4.78 is 0. The monoisotopic (exact) mass is 308 g/mol. The molecule has 18 heavy (non-hydrogen) atoms. The number of hydrogen-bond acceptors (Lipinski definition) is 0. The molecular weight excluding hydrogens is 284 g/mol. The maximum atomic E-state index is 3.92. The van der Waals surface area contributed by atoms with Crippen LogP contribution in [0.25, 0.3) is 0 Å². The Bertz CT molecular complexity index is 336. The van der Waals surface area contributed by atoms with E-state index in [4.69, 9.17) is 0 Å². The Kier molecular flexibility index (Phi) is 3.10. The van der Waals surface area contributed by atoms with Crippen LogP contribution in [0.15, 0.2) is 11.1 Å². The van der Waals surface area contributed by atoms with Gasteiger partial charge in [0.25, 0.3) is 0 Å². The van der Waals surface area contributed by atoms with Crippen LogP contribution in [0.2, 0.25) is 0 Å². The van der Waals surface area contributed by atoms with Gasteiger partial charge in [-0.3, -0.25) is 0 Å². The number of fused-ring (bicyclic) bond motifs is 5. The van der Waals surface area contributed by atoms with Gasteiger partial charge in [0.2, 0.25) is 0 Å². The molecular formula is C17H25Br. The Morgan fingerprint density at radius 1 is 0.667 bits per heavy atom. The highest BCUT2D eigenvalue weighted by atomic mass is 79.9. The summed E-state index contributed by atoms with van der Waals surface area (Å²) in [5.41, 5.74) is 3.90. The van der Waals surface area contributed by atoms with Crippen LogP contribution in [-0.4, -0.2) is 4.83 Å². The van der Waals surface area contributed by atoms with Crippen molar-refractivity contribution in [2.75, 3.05) is 0 Å². The lowest BCUT2D eigenvalue weighted by Crippen LogP contribution is -2.39. The molecule has 0 heterocycles. The van der Waals surface area contributed by atoms with Gasteiger partial charge in [-0.2, -0.15) is 0 Å². The van der Waals surface area contributed by atoms with E-state index in [0.29, 0.717) is 0 Å². The molecule has 4 aliphatic carbocycles. The van der Waals surface area contributed by atoms with E-state index >= 15 is 0 Å². The van der Waals surface area contributed by atoms with Crippen LogP contribution in [-0.2, 0) is 0 Å². The van der Waals surface area contributed by atoms with E-state index in [1.807, 2.05) is 11.1 Å². The SMILES string of the molecule is BrC1CC2=C(C1)C1CCCCC1C1CCCCC21. The molecule has 0 aromatic heterocycles. The number of halogens is 1. The van der Waals surface area contributed by atoms with Crippen molar-refractivity contribution in [3.8, 4) is 0 Å². The fourth-order valence-corrected chi connectivity index (χ4v) is 6.50. The predicted octanol–water partition coefficient (Wildman–Crippen LogP) is 5.47. The van der Waals surface area contributed by atoms with E-state index < -0.39 is 0 Å².